The minimum Gasteiger partial charge on any atom is -0.375 e. The quantitative estimate of drug-likeness (QED) is 0.898. The predicted octanol–water partition coefficient (Wildman–Crippen LogP) is 3.58. The van der Waals surface area contributed by atoms with Crippen molar-refractivity contribution in [3.8, 4) is 0 Å². The summed E-state index contributed by atoms with van der Waals surface area (Å²) in [6.45, 7) is 7.44. The Labute approximate surface area is 118 Å². The maximum absolute atomic E-state index is 11.8. The lowest BCUT2D eigenvalue weighted by Crippen LogP contribution is -2.35. The second-order valence-corrected chi connectivity index (χ2v) is 4.82. The van der Waals surface area contributed by atoms with Gasteiger partial charge in [0.05, 0.1) is 17.3 Å². The SMILES string of the molecule is CCN(CC)C(=O)CNc1cc(Cl)c(C)cc1Cl. The highest BCUT2D eigenvalue weighted by Gasteiger charge is 2.10. The molecule has 0 radical (unpaired) electrons. The summed E-state index contributed by atoms with van der Waals surface area (Å²) in [5, 5.41) is 4.23. The number of anilines is 1. The molecule has 100 valence electrons. The van der Waals surface area contributed by atoms with Crippen LogP contribution >= 0.6 is 23.2 Å². The molecule has 0 saturated carbocycles. The lowest BCUT2D eigenvalue weighted by Gasteiger charge is -2.19. The number of rotatable bonds is 5. The Morgan fingerprint density at radius 1 is 1.22 bits per heavy atom. The van der Waals surface area contributed by atoms with Gasteiger partial charge in [0.15, 0.2) is 0 Å². The van der Waals surface area contributed by atoms with Gasteiger partial charge in [-0.25, -0.2) is 0 Å². The average Bonchev–Trinajstić information content (AvgIpc) is 2.33. The Hall–Kier alpha value is -0.930. The molecule has 0 bridgehead atoms. The molecule has 1 aromatic rings. The molecule has 3 nitrogen and oxygen atoms in total. The molecule has 0 aliphatic carbocycles. The first-order valence-corrected chi connectivity index (χ1v) is 6.72. The van der Waals surface area contributed by atoms with Gasteiger partial charge in [-0.05, 0) is 38.5 Å². The number of halogens is 2. The number of amides is 1. The number of benzene rings is 1. The van der Waals surface area contributed by atoms with E-state index in [1.807, 2.05) is 20.8 Å². The highest BCUT2D eigenvalue weighted by Crippen LogP contribution is 2.28. The summed E-state index contributed by atoms with van der Waals surface area (Å²) in [6, 6.07) is 3.53. The minimum absolute atomic E-state index is 0.0489. The Balaban J connectivity index is 2.69. The van der Waals surface area contributed by atoms with Crippen LogP contribution in [0.5, 0.6) is 0 Å². The minimum atomic E-state index is 0.0489. The molecule has 1 amide bonds. The van der Waals surface area contributed by atoms with Crippen molar-refractivity contribution in [1.29, 1.82) is 0 Å². The second-order valence-electron chi connectivity index (χ2n) is 4.00. The third kappa shape index (κ3) is 3.79. The normalized spacial score (nSPS) is 10.3. The first-order chi connectivity index (χ1) is 8.49. The van der Waals surface area contributed by atoms with Crippen LogP contribution in [0.15, 0.2) is 12.1 Å². The molecule has 0 saturated heterocycles. The number of carbonyl (C=O) groups excluding carboxylic acids is 1. The average molecular weight is 289 g/mol. The predicted molar refractivity (Wildman–Crippen MR) is 77.6 cm³/mol. The summed E-state index contributed by atoms with van der Waals surface area (Å²) in [5.41, 5.74) is 1.61. The number of hydrogen-bond acceptors (Lipinski definition) is 2. The standard InChI is InChI=1S/C13H18Cl2N2O/c1-4-17(5-2)13(18)8-16-12-7-10(14)9(3)6-11(12)15/h6-7,16H,4-5,8H2,1-3H3. The molecule has 1 N–H and O–H groups in total. The summed E-state index contributed by atoms with van der Waals surface area (Å²) in [7, 11) is 0. The molecule has 0 spiro atoms. The van der Waals surface area contributed by atoms with E-state index in [0.29, 0.717) is 28.8 Å². The Kier molecular flexibility index (Phi) is 5.76. The van der Waals surface area contributed by atoms with E-state index in [1.54, 1.807) is 17.0 Å². The molecule has 0 fully saturated rings. The van der Waals surface area contributed by atoms with Gasteiger partial charge in [-0.15, -0.1) is 0 Å². The zero-order valence-corrected chi connectivity index (χ0v) is 12.4. The van der Waals surface area contributed by atoms with Gasteiger partial charge in [0.2, 0.25) is 5.91 Å². The van der Waals surface area contributed by atoms with Crippen LogP contribution in [0.4, 0.5) is 5.69 Å². The maximum Gasteiger partial charge on any atom is 0.241 e. The van der Waals surface area contributed by atoms with Crippen LogP contribution < -0.4 is 5.32 Å². The van der Waals surface area contributed by atoms with Crippen molar-refractivity contribution in [3.63, 3.8) is 0 Å². The zero-order chi connectivity index (χ0) is 13.7. The number of nitrogens with one attached hydrogen (secondary N) is 1. The van der Waals surface area contributed by atoms with Crippen molar-refractivity contribution >= 4 is 34.8 Å². The van der Waals surface area contributed by atoms with E-state index in [1.165, 1.54) is 0 Å². The summed E-state index contributed by atoms with van der Waals surface area (Å²) in [5.74, 6) is 0.0489. The molecule has 18 heavy (non-hydrogen) atoms. The van der Waals surface area contributed by atoms with Gasteiger partial charge in [0.1, 0.15) is 0 Å². The molecule has 1 aromatic carbocycles. The zero-order valence-electron chi connectivity index (χ0n) is 10.9. The summed E-state index contributed by atoms with van der Waals surface area (Å²) < 4.78 is 0. The Morgan fingerprint density at radius 2 is 1.83 bits per heavy atom. The first kappa shape index (κ1) is 15.1. The summed E-state index contributed by atoms with van der Waals surface area (Å²) in [4.78, 5) is 13.6. The van der Waals surface area contributed by atoms with Crippen molar-refractivity contribution in [3.05, 3.63) is 27.7 Å². The molecule has 0 atom stereocenters. The van der Waals surface area contributed by atoms with Gasteiger partial charge in [-0.2, -0.15) is 0 Å². The van der Waals surface area contributed by atoms with Gasteiger partial charge in [-0.1, -0.05) is 23.2 Å². The summed E-state index contributed by atoms with van der Waals surface area (Å²) in [6.07, 6.45) is 0. The Morgan fingerprint density at radius 3 is 2.39 bits per heavy atom. The van der Waals surface area contributed by atoms with Crippen molar-refractivity contribution in [2.24, 2.45) is 0 Å². The molecule has 1 rings (SSSR count). The fraction of sp³-hybridized carbons (Fsp3) is 0.462. The van der Waals surface area contributed by atoms with E-state index in [-0.39, 0.29) is 12.5 Å². The van der Waals surface area contributed by atoms with Crippen LogP contribution in [0.3, 0.4) is 0 Å². The number of carbonyl (C=O) groups is 1. The third-order valence-electron chi connectivity index (χ3n) is 2.79. The Bertz CT molecular complexity index is 431. The molecule has 0 heterocycles. The van der Waals surface area contributed by atoms with E-state index in [4.69, 9.17) is 23.2 Å². The molecule has 5 heteroatoms. The lowest BCUT2D eigenvalue weighted by molar-refractivity contribution is -0.128. The molecule has 0 aliphatic heterocycles. The van der Waals surface area contributed by atoms with Crippen LogP contribution in [0.25, 0.3) is 0 Å². The highest BCUT2D eigenvalue weighted by atomic mass is 35.5. The second kappa shape index (κ2) is 6.86. The number of hydrogen-bond donors (Lipinski definition) is 1. The fourth-order valence-electron chi connectivity index (χ4n) is 1.64. The number of likely N-dealkylation sites (N-methyl/N-ethyl adjacent to an activating group) is 1. The molecule has 0 aromatic heterocycles. The van der Waals surface area contributed by atoms with E-state index in [0.717, 1.165) is 5.56 Å². The van der Waals surface area contributed by atoms with Gasteiger partial charge in [0, 0.05) is 18.1 Å². The number of aryl methyl sites for hydroxylation is 1. The van der Waals surface area contributed by atoms with Crippen LogP contribution in [0.1, 0.15) is 19.4 Å². The van der Waals surface area contributed by atoms with E-state index in [2.05, 4.69) is 5.32 Å². The van der Waals surface area contributed by atoms with Crippen molar-refractivity contribution < 1.29 is 4.79 Å². The van der Waals surface area contributed by atoms with Crippen LogP contribution in [-0.4, -0.2) is 30.4 Å². The van der Waals surface area contributed by atoms with Crippen LogP contribution in [-0.2, 0) is 4.79 Å². The first-order valence-electron chi connectivity index (χ1n) is 5.96. The van der Waals surface area contributed by atoms with Crippen molar-refractivity contribution in [2.75, 3.05) is 25.0 Å². The molecule has 0 unspecified atom stereocenters. The fourth-order valence-corrected chi connectivity index (χ4v) is 2.09. The van der Waals surface area contributed by atoms with Gasteiger partial charge in [-0.3, -0.25) is 4.79 Å². The monoisotopic (exact) mass is 288 g/mol. The van der Waals surface area contributed by atoms with E-state index < -0.39 is 0 Å². The van der Waals surface area contributed by atoms with Crippen molar-refractivity contribution in [2.45, 2.75) is 20.8 Å². The lowest BCUT2D eigenvalue weighted by atomic mass is 10.2. The van der Waals surface area contributed by atoms with Gasteiger partial charge >= 0.3 is 0 Å². The topological polar surface area (TPSA) is 32.3 Å². The van der Waals surface area contributed by atoms with E-state index in [9.17, 15) is 4.79 Å². The molecule has 0 aliphatic rings. The summed E-state index contributed by atoms with van der Waals surface area (Å²) >= 11 is 12.1. The van der Waals surface area contributed by atoms with E-state index >= 15 is 0 Å². The smallest absolute Gasteiger partial charge is 0.241 e. The van der Waals surface area contributed by atoms with Gasteiger partial charge < -0.3 is 10.2 Å². The number of nitrogens with zero attached hydrogens (tertiary/aromatic N) is 1. The van der Waals surface area contributed by atoms with Crippen LogP contribution in [0, 0.1) is 6.92 Å². The third-order valence-corrected chi connectivity index (χ3v) is 3.51. The molecular weight excluding hydrogens is 271 g/mol. The molecular formula is C13H18Cl2N2O. The highest BCUT2D eigenvalue weighted by molar-refractivity contribution is 6.35. The van der Waals surface area contributed by atoms with Crippen LogP contribution in [0.2, 0.25) is 10.0 Å². The van der Waals surface area contributed by atoms with Gasteiger partial charge in [0.25, 0.3) is 0 Å². The maximum atomic E-state index is 11.8. The largest absolute Gasteiger partial charge is 0.375 e. The van der Waals surface area contributed by atoms with Crippen molar-refractivity contribution in [1.82, 2.24) is 4.90 Å².